The summed E-state index contributed by atoms with van der Waals surface area (Å²) >= 11 is 1.98. The number of ether oxygens (including phenoxy) is 2. The summed E-state index contributed by atoms with van der Waals surface area (Å²) in [5, 5.41) is 13.9. The van der Waals surface area contributed by atoms with Crippen LogP contribution in [0.3, 0.4) is 0 Å². The molecule has 1 aliphatic carbocycles. The van der Waals surface area contributed by atoms with Gasteiger partial charge in [-0.1, -0.05) is 25.3 Å². The van der Waals surface area contributed by atoms with Crippen LogP contribution in [-0.2, 0) is 6.54 Å². The molecule has 2 N–H and O–H groups in total. The fraction of sp³-hybridized carbons (Fsp3) is 0.714. The molecule has 1 saturated carbocycles. The van der Waals surface area contributed by atoms with Crippen LogP contribution in [0.4, 0.5) is 0 Å². The molecule has 3 rings (SSSR count). The van der Waals surface area contributed by atoms with Gasteiger partial charge in [-0.15, -0.1) is 0 Å². The Bertz CT molecular complexity index is 560. The van der Waals surface area contributed by atoms with Gasteiger partial charge in [0, 0.05) is 43.7 Å². The highest BCUT2D eigenvalue weighted by Crippen LogP contribution is 2.28. The van der Waals surface area contributed by atoms with E-state index in [0.29, 0.717) is 24.9 Å². The lowest BCUT2D eigenvalue weighted by molar-refractivity contribution is 0.0705. The normalized spacial score (nSPS) is 20.4. The molecule has 1 atom stereocenters. The van der Waals surface area contributed by atoms with Gasteiger partial charge in [-0.2, -0.15) is 11.8 Å². The first-order chi connectivity index (χ1) is 13.2. The average Bonchev–Trinajstić information content (AvgIpc) is 2.72. The maximum absolute atomic E-state index is 10.3. The lowest BCUT2D eigenvalue weighted by atomic mass is 9.95. The van der Waals surface area contributed by atoms with Crippen molar-refractivity contribution in [2.24, 2.45) is 0 Å². The van der Waals surface area contributed by atoms with Crippen LogP contribution in [0.15, 0.2) is 18.2 Å². The molecule has 1 aliphatic heterocycles. The maximum atomic E-state index is 10.3. The smallest absolute Gasteiger partial charge is 0.161 e. The molecule has 1 aromatic carbocycles. The Morgan fingerprint density at radius 2 is 1.96 bits per heavy atom. The van der Waals surface area contributed by atoms with Crippen LogP contribution in [0.1, 0.15) is 37.7 Å². The first-order valence-electron chi connectivity index (χ1n) is 10.3. The summed E-state index contributed by atoms with van der Waals surface area (Å²) < 4.78 is 11.4. The number of aliphatic hydroxyl groups is 1. The summed E-state index contributed by atoms with van der Waals surface area (Å²) in [6.45, 7) is 3.92. The van der Waals surface area contributed by atoms with Crippen molar-refractivity contribution in [1.82, 2.24) is 10.2 Å². The van der Waals surface area contributed by atoms with Crippen molar-refractivity contribution in [3.8, 4) is 11.5 Å². The zero-order chi connectivity index (χ0) is 18.9. The van der Waals surface area contributed by atoms with Gasteiger partial charge in [0.2, 0.25) is 0 Å². The Hall–Kier alpha value is -0.950. The molecule has 0 spiro atoms. The van der Waals surface area contributed by atoms with Gasteiger partial charge in [-0.3, -0.25) is 4.90 Å². The van der Waals surface area contributed by atoms with Crippen LogP contribution < -0.4 is 14.8 Å². The maximum Gasteiger partial charge on any atom is 0.161 e. The molecule has 27 heavy (non-hydrogen) atoms. The van der Waals surface area contributed by atoms with Crippen LogP contribution in [0.2, 0.25) is 0 Å². The number of hydrogen-bond donors (Lipinski definition) is 2. The molecule has 0 bridgehead atoms. The molecule has 0 unspecified atom stereocenters. The molecule has 1 saturated heterocycles. The van der Waals surface area contributed by atoms with E-state index in [1.165, 1.54) is 37.7 Å². The third-order valence-electron chi connectivity index (χ3n) is 5.43. The van der Waals surface area contributed by atoms with Crippen molar-refractivity contribution in [2.45, 2.75) is 50.8 Å². The summed E-state index contributed by atoms with van der Waals surface area (Å²) in [4.78, 5) is 2.31. The van der Waals surface area contributed by atoms with Crippen molar-refractivity contribution < 1.29 is 14.6 Å². The second-order valence-corrected chi connectivity index (χ2v) is 8.80. The van der Waals surface area contributed by atoms with Crippen LogP contribution in [0.25, 0.3) is 0 Å². The Morgan fingerprint density at radius 3 is 2.70 bits per heavy atom. The highest BCUT2D eigenvalue weighted by molar-refractivity contribution is 7.99. The minimum absolute atomic E-state index is 0.291. The van der Waals surface area contributed by atoms with E-state index >= 15 is 0 Å². The van der Waals surface area contributed by atoms with E-state index in [-0.39, 0.29) is 0 Å². The zero-order valence-electron chi connectivity index (χ0n) is 16.5. The molecule has 6 heteroatoms. The van der Waals surface area contributed by atoms with Gasteiger partial charge in [0.15, 0.2) is 11.5 Å². The number of benzene rings is 1. The zero-order valence-corrected chi connectivity index (χ0v) is 17.3. The number of nitrogens with one attached hydrogen (secondary N) is 1. The van der Waals surface area contributed by atoms with Gasteiger partial charge in [-0.05, 0) is 30.5 Å². The van der Waals surface area contributed by atoms with Crippen molar-refractivity contribution in [2.75, 3.05) is 44.9 Å². The van der Waals surface area contributed by atoms with Crippen LogP contribution >= 0.6 is 11.8 Å². The minimum Gasteiger partial charge on any atom is -0.493 e. The topological polar surface area (TPSA) is 54.0 Å². The van der Waals surface area contributed by atoms with E-state index in [4.69, 9.17) is 9.47 Å². The van der Waals surface area contributed by atoms with E-state index in [1.807, 2.05) is 23.9 Å². The highest BCUT2D eigenvalue weighted by atomic mass is 32.2. The van der Waals surface area contributed by atoms with Gasteiger partial charge in [0.25, 0.3) is 0 Å². The first-order valence-corrected chi connectivity index (χ1v) is 11.4. The molecule has 2 aliphatic rings. The molecule has 1 aromatic rings. The Labute approximate surface area is 167 Å². The molecule has 0 radical (unpaired) electrons. The van der Waals surface area contributed by atoms with Gasteiger partial charge in [-0.25, -0.2) is 0 Å². The number of rotatable bonds is 9. The molecular formula is C21H34N2O3S. The van der Waals surface area contributed by atoms with Gasteiger partial charge >= 0.3 is 0 Å². The molecule has 5 nitrogen and oxygen atoms in total. The van der Waals surface area contributed by atoms with E-state index in [1.54, 1.807) is 7.11 Å². The molecule has 152 valence electrons. The molecule has 0 amide bonds. The molecular weight excluding hydrogens is 360 g/mol. The lowest BCUT2D eigenvalue weighted by Crippen LogP contribution is -2.40. The number of nitrogens with zero attached hydrogens (tertiary/aromatic N) is 1. The second-order valence-electron chi connectivity index (χ2n) is 7.58. The second kappa shape index (κ2) is 11.1. The van der Waals surface area contributed by atoms with Crippen LogP contribution in [0, 0.1) is 0 Å². The van der Waals surface area contributed by atoms with Crippen molar-refractivity contribution in [1.29, 1.82) is 0 Å². The number of thioether (sulfide) groups is 1. The van der Waals surface area contributed by atoms with Gasteiger partial charge in [0.05, 0.1) is 7.11 Å². The Kier molecular flexibility index (Phi) is 8.58. The number of methoxy groups -OCH3 is 1. The highest BCUT2D eigenvalue weighted by Gasteiger charge is 2.17. The fourth-order valence-electron chi connectivity index (χ4n) is 3.83. The Morgan fingerprint density at radius 1 is 1.19 bits per heavy atom. The largest absolute Gasteiger partial charge is 0.493 e. The van der Waals surface area contributed by atoms with Crippen molar-refractivity contribution in [3.63, 3.8) is 0 Å². The third kappa shape index (κ3) is 6.86. The standard InChI is InChI=1S/C21H34N2O3S/c1-25-21-13-17(14-22-18-5-3-2-4-6-18)7-8-20(21)26-16-19(24)15-23-9-11-27-12-10-23/h7-8,13,18-19,22,24H,2-6,9-12,14-16H2,1H3/t19-/m0/s1. The van der Waals surface area contributed by atoms with E-state index in [0.717, 1.165) is 36.9 Å². The molecule has 2 fully saturated rings. The summed E-state index contributed by atoms with van der Waals surface area (Å²) in [5.41, 5.74) is 1.20. The van der Waals surface area contributed by atoms with E-state index < -0.39 is 6.10 Å². The number of aliphatic hydroxyl groups excluding tert-OH is 1. The first kappa shape index (κ1) is 20.8. The summed E-state index contributed by atoms with van der Waals surface area (Å²) in [6, 6.07) is 6.73. The quantitative estimate of drug-likeness (QED) is 0.672. The van der Waals surface area contributed by atoms with Gasteiger partial charge < -0.3 is 19.9 Å². The summed E-state index contributed by atoms with van der Waals surface area (Å²) in [6.07, 6.45) is 6.14. The fourth-order valence-corrected chi connectivity index (χ4v) is 4.81. The van der Waals surface area contributed by atoms with E-state index in [9.17, 15) is 5.11 Å². The van der Waals surface area contributed by atoms with Crippen LogP contribution in [0.5, 0.6) is 11.5 Å². The molecule has 1 heterocycles. The number of β-amino-alcohol motifs (C(OH)–C–C–N with tert-alkyl or cyclic N) is 1. The monoisotopic (exact) mass is 394 g/mol. The molecule has 0 aromatic heterocycles. The lowest BCUT2D eigenvalue weighted by Gasteiger charge is -2.28. The van der Waals surface area contributed by atoms with Gasteiger partial charge in [0.1, 0.15) is 12.7 Å². The minimum atomic E-state index is -0.481. The van der Waals surface area contributed by atoms with Crippen molar-refractivity contribution >= 4 is 11.8 Å². The predicted octanol–water partition coefficient (Wildman–Crippen LogP) is 2.91. The predicted molar refractivity (Wildman–Crippen MR) is 112 cm³/mol. The summed E-state index contributed by atoms with van der Waals surface area (Å²) in [7, 11) is 1.67. The summed E-state index contributed by atoms with van der Waals surface area (Å²) in [5.74, 6) is 3.74. The SMILES string of the molecule is COc1cc(CNC2CCCCC2)ccc1OC[C@@H](O)CN1CCSCC1. The average molecular weight is 395 g/mol. The number of hydrogen-bond acceptors (Lipinski definition) is 6. The van der Waals surface area contributed by atoms with Crippen molar-refractivity contribution in [3.05, 3.63) is 23.8 Å². The van der Waals surface area contributed by atoms with E-state index in [2.05, 4.69) is 16.3 Å². The third-order valence-corrected chi connectivity index (χ3v) is 6.37. The van der Waals surface area contributed by atoms with Crippen LogP contribution in [-0.4, -0.2) is 67.0 Å². The Balaban J connectivity index is 1.46.